The van der Waals surface area contributed by atoms with Crippen molar-refractivity contribution in [1.29, 1.82) is 0 Å². The predicted molar refractivity (Wildman–Crippen MR) is 82.9 cm³/mol. The molecule has 1 unspecified atom stereocenters. The molecular formula is C16H18F3N3O2. The Labute approximate surface area is 137 Å². The number of anilines is 1. The van der Waals surface area contributed by atoms with Gasteiger partial charge in [0.2, 0.25) is 0 Å². The molecule has 2 N–H and O–H groups in total. The van der Waals surface area contributed by atoms with Gasteiger partial charge in [-0.25, -0.2) is 4.98 Å². The van der Waals surface area contributed by atoms with Crippen molar-refractivity contribution < 1.29 is 23.0 Å². The number of aromatic nitrogens is 2. The van der Waals surface area contributed by atoms with Gasteiger partial charge in [-0.2, -0.15) is 13.2 Å². The molecule has 130 valence electrons. The van der Waals surface area contributed by atoms with E-state index in [-0.39, 0.29) is 18.9 Å². The number of hydrogen-bond donors (Lipinski definition) is 2. The second-order valence-corrected chi connectivity index (χ2v) is 5.32. The molecule has 1 atom stereocenters. The Bertz CT molecular complexity index is 693. The predicted octanol–water partition coefficient (Wildman–Crippen LogP) is 2.96. The van der Waals surface area contributed by atoms with Crippen molar-refractivity contribution in [3.63, 3.8) is 0 Å². The average Bonchev–Trinajstić information content (AvgIpc) is 2.53. The van der Waals surface area contributed by atoms with Gasteiger partial charge in [0, 0.05) is 12.7 Å². The van der Waals surface area contributed by atoms with Gasteiger partial charge in [0.25, 0.3) is 0 Å². The molecule has 8 heteroatoms. The minimum atomic E-state index is -4.43. The molecule has 0 fully saturated rings. The first-order chi connectivity index (χ1) is 11.3. The van der Waals surface area contributed by atoms with E-state index in [9.17, 15) is 18.3 Å². The summed E-state index contributed by atoms with van der Waals surface area (Å²) >= 11 is 0. The highest BCUT2D eigenvalue weighted by Gasteiger charge is 2.30. The molecule has 0 spiro atoms. The molecule has 0 amide bonds. The highest BCUT2D eigenvalue weighted by atomic mass is 19.4. The van der Waals surface area contributed by atoms with Gasteiger partial charge in [-0.1, -0.05) is 6.07 Å². The van der Waals surface area contributed by atoms with E-state index in [1.807, 2.05) is 0 Å². The van der Waals surface area contributed by atoms with Crippen LogP contribution in [0.5, 0.6) is 5.75 Å². The number of aryl methyl sites for hydroxylation is 2. The fourth-order valence-electron chi connectivity index (χ4n) is 1.93. The largest absolute Gasteiger partial charge is 0.491 e. The molecule has 0 aliphatic rings. The van der Waals surface area contributed by atoms with E-state index in [1.54, 1.807) is 20.0 Å². The smallest absolute Gasteiger partial charge is 0.416 e. The maximum Gasteiger partial charge on any atom is 0.416 e. The highest BCUT2D eigenvalue weighted by Crippen LogP contribution is 2.31. The normalized spacial score (nSPS) is 12.8. The number of ether oxygens (including phenoxy) is 1. The number of nitrogens with zero attached hydrogens (tertiary/aromatic N) is 2. The summed E-state index contributed by atoms with van der Waals surface area (Å²) in [7, 11) is 0. The van der Waals surface area contributed by atoms with Crippen molar-refractivity contribution in [3.8, 4) is 5.75 Å². The lowest BCUT2D eigenvalue weighted by molar-refractivity contribution is -0.137. The third-order valence-corrected chi connectivity index (χ3v) is 3.18. The molecule has 0 saturated heterocycles. The fourth-order valence-corrected chi connectivity index (χ4v) is 1.93. The maximum atomic E-state index is 12.6. The topological polar surface area (TPSA) is 67.3 Å². The first-order valence-electron chi connectivity index (χ1n) is 7.28. The lowest BCUT2D eigenvalue weighted by Gasteiger charge is -2.15. The van der Waals surface area contributed by atoms with Gasteiger partial charge in [0.1, 0.15) is 24.3 Å². The van der Waals surface area contributed by atoms with Crippen molar-refractivity contribution in [2.75, 3.05) is 18.5 Å². The van der Waals surface area contributed by atoms with Crippen LogP contribution in [0, 0.1) is 13.8 Å². The molecule has 0 saturated carbocycles. The molecular weight excluding hydrogens is 323 g/mol. The SMILES string of the molecule is Cc1cnc(C)c(NCC(O)COc2cccc(C(F)(F)F)c2)n1. The Hall–Kier alpha value is -2.35. The van der Waals surface area contributed by atoms with Gasteiger partial charge in [-0.3, -0.25) is 4.98 Å². The first-order valence-corrected chi connectivity index (χ1v) is 7.28. The number of alkyl halides is 3. The lowest BCUT2D eigenvalue weighted by atomic mass is 10.2. The lowest BCUT2D eigenvalue weighted by Crippen LogP contribution is -2.27. The van der Waals surface area contributed by atoms with Gasteiger partial charge in [-0.15, -0.1) is 0 Å². The van der Waals surface area contributed by atoms with Crippen molar-refractivity contribution in [2.24, 2.45) is 0 Å². The zero-order chi connectivity index (χ0) is 17.7. The Balaban J connectivity index is 1.87. The van der Waals surface area contributed by atoms with Crippen molar-refractivity contribution in [3.05, 3.63) is 47.4 Å². The van der Waals surface area contributed by atoms with E-state index >= 15 is 0 Å². The van der Waals surface area contributed by atoms with Crippen LogP contribution in [0.2, 0.25) is 0 Å². The van der Waals surface area contributed by atoms with Crippen molar-refractivity contribution in [2.45, 2.75) is 26.1 Å². The quantitative estimate of drug-likeness (QED) is 0.846. The van der Waals surface area contributed by atoms with E-state index in [0.29, 0.717) is 11.5 Å². The van der Waals surface area contributed by atoms with E-state index in [2.05, 4.69) is 15.3 Å². The van der Waals surface area contributed by atoms with Gasteiger partial charge < -0.3 is 15.2 Å². The maximum absolute atomic E-state index is 12.6. The van der Waals surface area contributed by atoms with Crippen LogP contribution in [0.25, 0.3) is 0 Å². The summed E-state index contributed by atoms with van der Waals surface area (Å²) in [4.78, 5) is 8.39. The number of rotatable bonds is 6. The standard InChI is InChI=1S/C16H18F3N3O2/c1-10-7-20-11(2)15(22-10)21-8-13(23)9-24-14-5-3-4-12(6-14)16(17,18)19/h3-7,13,23H,8-9H2,1-2H3,(H,21,22). The van der Waals surface area contributed by atoms with Gasteiger partial charge in [0.15, 0.2) is 0 Å². The number of hydrogen-bond acceptors (Lipinski definition) is 5. The van der Waals surface area contributed by atoms with Crippen LogP contribution in [0.3, 0.4) is 0 Å². The number of nitrogens with one attached hydrogen (secondary N) is 1. The van der Waals surface area contributed by atoms with Gasteiger partial charge in [-0.05, 0) is 32.0 Å². The number of benzene rings is 1. The third-order valence-electron chi connectivity index (χ3n) is 3.18. The Morgan fingerprint density at radius 1 is 1.29 bits per heavy atom. The molecule has 5 nitrogen and oxygen atoms in total. The van der Waals surface area contributed by atoms with Gasteiger partial charge >= 0.3 is 6.18 Å². The third kappa shape index (κ3) is 5.09. The van der Waals surface area contributed by atoms with Crippen LogP contribution in [0.1, 0.15) is 17.0 Å². The van der Waals surface area contributed by atoms with Crippen LogP contribution in [-0.4, -0.2) is 34.3 Å². The Morgan fingerprint density at radius 2 is 2.04 bits per heavy atom. The fraction of sp³-hybridized carbons (Fsp3) is 0.375. The first kappa shape index (κ1) is 18.0. The van der Waals surface area contributed by atoms with E-state index in [1.165, 1.54) is 12.1 Å². The summed E-state index contributed by atoms with van der Waals surface area (Å²) in [6, 6.07) is 4.53. The second kappa shape index (κ2) is 7.48. The molecule has 1 aromatic carbocycles. The minimum absolute atomic E-state index is 0.0513. The number of aliphatic hydroxyl groups is 1. The summed E-state index contributed by atoms with van der Waals surface area (Å²) in [5.41, 5.74) is 0.627. The average molecular weight is 341 g/mol. The zero-order valence-corrected chi connectivity index (χ0v) is 13.3. The van der Waals surface area contributed by atoms with Crippen LogP contribution in [-0.2, 0) is 6.18 Å². The Morgan fingerprint density at radius 3 is 2.75 bits per heavy atom. The van der Waals surface area contributed by atoms with E-state index in [0.717, 1.165) is 17.8 Å². The van der Waals surface area contributed by atoms with Gasteiger partial charge in [0.05, 0.1) is 17.0 Å². The monoisotopic (exact) mass is 341 g/mol. The molecule has 24 heavy (non-hydrogen) atoms. The zero-order valence-electron chi connectivity index (χ0n) is 13.3. The molecule has 0 radical (unpaired) electrons. The molecule has 2 rings (SSSR count). The van der Waals surface area contributed by atoms with E-state index < -0.39 is 17.8 Å². The highest BCUT2D eigenvalue weighted by molar-refractivity contribution is 5.39. The van der Waals surface area contributed by atoms with Crippen molar-refractivity contribution >= 4 is 5.82 Å². The Kier molecular flexibility index (Phi) is 5.61. The van der Waals surface area contributed by atoms with Crippen LogP contribution in [0.15, 0.2) is 30.5 Å². The van der Waals surface area contributed by atoms with Crippen LogP contribution >= 0.6 is 0 Å². The molecule has 1 aromatic heterocycles. The summed E-state index contributed by atoms with van der Waals surface area (Å²) in [6.07, 6.45) is -3.71. The van der Waals surface area contributed by atoms with E-state index in [4.69, 9.17) is 4.74 Å². The summed E-state index contributed by atoms with van der Waals surface area (Å²) in [6.45, 7) is 3.57. The van der Waals surface area contributed by atoms with Crippen LogP contribution < -0.4 is 10.1 Å². The molecule has 0 aliphatic heterocycles. The number of halogens is 3. The molecule has 0 aliphatic carbocycles. The molecule has 1 heterocycles. The number of aliphatic hydroxyl groups excluding tert-OH is 1. The summed E-state index contributed by atoms with van der Waals surface area (Å²) < 4.78 is 43.1. The summed E-state index contributed by atoms with van der Waals surface area (Å²) in [5.74, 6) is 0.600. The summed E-state index contributed by atoms with van der Waals surface area (Å²) in [5, 5.41) is 12.8. The second-order valence-electron chi connectivity index (χ2n) is 5.32. The van der Waals surface area contributed by atoms with Crippen LogP contribution in [0.4, 0.5) is 19.0 Å². The van der Waals surface area contributed by atoms with Crippen molar-refractivity contribution in [1.82, 2.24) is 9.97 Å². The molecule has 2 aromatic rings. The minimum Gasteiger partial charge on any atom is -0.491 e. The molecule has 0 bridgehead atoms.